The van der Waals surface area contributed by atoms with E-state index >= 15 is 0 Å². The maximum atomic E-state index is 12.0. The first-order valence-electron chi connectivity index (χ1n) is 6.04. The summed E-state index contributed by atoms with van der Waals surface area (Å²) in [5.74, 6) is 0.189. The molecule has 6 heteroatoms. The molecule has 1 heterocycles. The lowest BCUT2D eigenvalue weighted by Crippen LogP contribution is -2.13. The van der Waals surface area contributed by atoms with Crippen LogP contribution in [0.1, 0.15) is 37.3 Å². The average Bonchev–Trinajstić information content (AvgIpc) is 2.79. The topological polar surface area (TPSA) is 55.7 Å². The highest BCUT2D eigenvalue weighted by Crippen LogP contribution is 2.34. The summed E-state index contributed by atoms with van der Waals surface area (Å²) >= 11 is 3.51. The van der Waals surface area contributed by atoms with E-state index in [1.807, 2.05) is 13.8 Å². The Hall–Kier alpha value is -0.880. The first-order valence-corrected chi connectivity index (χ1v) is 8.72. The first kappa shape index (κ1) is 14.5. The molecular formula is C13H16BrNO3S. The van der Waals surface area contributed by atoms with Gasteiger partial charge in [0.05, 0.1) is 10.6 Å². The van der Waals surface area contributed by atoms with E-state index in [2.05, 4.69) is 21.1 Å². The Morgan fingerprint density at radius 2 is 2.05 bits per heavy atom. The third kappa shape index (κ3) is 2.84. The fourth-order valence-electron chi connectivity index (χ4n) is 2.23. The molecule has 2 rings (SSSR count). The Kier molecular flexibility index (Phi) is 4.01. The van der Waals surface area contributed by atoms with Crippen LogP contribution in [0.25, 0.3) is 0 Å². The molecule has 0 aromatic heterocycles. The van der Waals surface area contributed by atoms with Gasteiger partial charge in [-0.3, -0.25) is 0 Å². The zero-order valence-corrected chi connectivity index (χ0v) is 13.5. The van der Waals surface area contributed by atoms with E-state index in [1.54, 1.807) is 12.1 Å². The second-order valence-corrected chi connectivity index (χ2v) is 7.72. The number of sulfone groups is 1. The maximum absolute atomic E-state index is 12.0. The van der Waals surface area contributed by atoms with Crippen molar-refractivity contribution >= 4 is 31.5 Å². The average molecular weight is 346 g/mol. The number of hydrogen-bond acceptors (Lipinski definition) is 4. The van der Waals surface area contributed by atoms with Crippen molar-refractivity contribution in [1.29, 1.82) is 0 Å². The molecule has 1 aliphatic heterocycles. The molecule has 0 saturated heterocycles. The van der Waals surface area contributed by atoms with Gasteiger partial charge >= 0.3 is 0 Å². The minimum atomic E-state index is -3.30. The summed E-state index contributed by atoms with van der Waals surface area (Å²) in [5.41, 5.74) is 2.38. The van der Waals surface area contributed by atoms with Gasteiger partial charge in [0, 0.05) is 22.7 Å². The van der Waals surface area contributed by atoms with Crippen LogP contribution in [0.5, 0.6) is 0 Å². The van der Waals surface area contributed by atoms with Gasteiger partial charge in [0.25, 0.3) is 0 Å². The zero-order chi connectivity index (χ0) is 14.2. The summed E-state index contributed by atoms with van der Waals surface area (Å²) in [7, 11) is -3.30. The Morgan fingerprint density at radius 1 is 1.37 bits per heavy atom. The van der Waals surface area contributed by atoms with Crippen LogP contribution in [0.4, 0.5) is 0 Å². The number of nitrogens with zero attached hydrogens (tertiary/aromatic N) is 1. The van der Waals surface area contributed by atoms with Gasteiger partial charge in [-0.25, -0.2) is 8.42 Å². The van der Waals surface area contributed by atoms with Crippen molar-refractivity contribution in [3.63, 3.8) is 0 Å². The van der Waals surface area contributed by atoms with E-state index < -0.39 is 9.84 Å². The number of hydrogen-bond donors (Lipinski definition) is 0. The third-order valence-corrected chi connectivity index (χ3v) is 4.86. The van der Waals surface area contributed by atoms with Crippen molar-refractivity contribution in [2.45, 2.75) is 31.1 Å². The van der Waals surface area contributed by atoms with Crippen molar-refractivity contribution in [1.82, 2.24) is 0 Å². The normalized spacial score (nSPS) is 15.5. The Morgan fingerprint density at radius 3 is 2.53 bits per heavy atom. The molecule has 0 amide bonds. The minimum Gasteiger partial charge on any atom is -0.395 e. The van der Waals surface area contributed by atoms with Gasteiger partial charge < -0.3 is 4.84 Å². The maximum Gasteiger partial charge on any atom is 0.176 e. The predicted octanol–water partition coefficient (Wildman–Crippen LogP) is 3.10. The van der Waals surface area contributed by atoms with Gasteiger partial charge in [-0.2, -0.15) is 0 Å². The lowest BCUT2D eigenvalue weighted by atomic mass is 9.93. The zero-order valence-electron chi connectivity index (χ0n) is 11.1. The first-order chi connectivity index (χ1) is 8.82. The number of halogens is 1. The van der Waals surface area contributed by atoms with Crippen molar-refractivity contribution in [3.05, 3.63) is 27.7 Å². The lowest BCUT2D eigenvalue weighted by Gasteiger charge is -2.17. The molecule has 4 nitrogen and oxygen atoms in total. The van der Waals surface area contributed by atoms with Gasteiger partial charge in [0.2, 0.25) is 0 Å². The summed E-state index contributed by atoms with van der Waals surface area (Å²) < 4.78 is 24.9. The van der Waals surface area contributed by atoms with E-state index in [9.17, 15) is 8.42 Å². The third-order valence-electron chi connectivity index (χ3n) is 3.02. The quantitative estimate of drug-likeness (QED) is 0.845. The van der Waals surface area contributed by atoms with E-state index in [0.717, 1.165) is 10.0 Å². The molecule has 0 atom stereocenters. The summed E-state index contributed by atoms with van der Waals surface area (Å²) in [6.45, 7) is 4.57. The SMILES string of the molecule is CC(C)c1c(Br)ccc(S(C)(=O)=O)c1C1=NOCC1. The van der Waals surface area contributed by atoms with E-state index in [1.165, 1.54) is 6.26 Å². The monoisotopic (exact) mass is 345 g/mol. The molecule has 0 saturated carbocycles. The van der Waals surface area contributed by atoms with E-state index in [0.29, 0.717) is 29.2 Å². The molecule has 104 valence electrons. The van der Waals surface area contributed by atoms with Gasteiger partial charge in [-0.1, -0.05) is 34.9 Å². The lowest BCUT2D eigenvalue weighted by molar-refractivity contribution is 0.174. The van der Waals surface area contributed by atoms with Crippen LogP contribution in [-0.2, 0) is 14.7 Å². The van der Waals surface area contributed by atoms with Crippen LogP contribution in [-0.4, -0.2) is 27.0 Å². The molecule has 0 fully saturated rings. The summed E-state index contributed by atoms with van der Waals surface area (Å²) in [4.78, 5) is 5.35. The highest BCUT2D eigenvalue weighted by atomic mass is 79.9. The molecule has 0 spiro atoms. The molecule has 0 unspecified atom stereocenters. The molecule has 0 N–H and O–H groups in total. The summed E-state index contributed by atoms with van der Waals surface area (Å²) in [5, 5.41) is 4.00. The van der Waals surface area contributed by atoms with Crippen LogP contribution >= 0.6 is 15.9 Å². The van der Waals surface area contributed by atoms with E-state index in [4.69, 9.17) is 4.84 Å². The number of oxime groups is 1. The van der Waals surface area contributed by atoms with Crippen molar-refractivity contribution in [2.75, 3.05) is 12.9 Å². The Balaban J connectivity index is 2.80. The van der Waals surface area contributed by atoms with Crippen LogP contribution in [0, 0.1) is 0 Å². The molecule has 1 aromatic carbocycles. The summed E-state index contributed by atoms with van der Waals surface area (Å²) in [6, 6.07) is 3.41. The predicted molar refractivity (Wildman–Crippen MR) is 78.4 cm³/mol. The largest absolute Gasteiger partial charge is 0.395 e. The molecule has 1 aromatic rings. The van der Waals surface area contributed by atoms with Crippen LogP contribution in [0.3, 0.4) is 0 Å². The van der Waals surface area contributed by atoms with Crippen molar-refractivity contribution < 1.29 is 13.3 Å². The smallest absolute Gasteiger partial charge is 0.176 e. The van der Waals surface area contributed by atoms with E-state index in [-0.39, 0.29) is 5.92 Å². The van der Waals surface area contributed by atoms with Gasteiger partial charge in [-0.15, -0.1) is 0 Å². The van der Waals surface area contributed by atoms with Gasteiger partial charge in [-0.05, 0) is 23.6 Å². The van der Waals surface area contributed by atoms with Crippen molar-refractivity contribution in [2.24, 2.45) is 5.16 Å². The number of rotatable bonds is 3. The van der Waals surface area contributed by atoms with Crippen LogP contribution in [0.15, 0.2) is 26.7 Å². The fourth-order valence-corrected chi connectivity index (χ4v) is 3.93. The summed E-state index contributed by atoms with van der Waals surface area (Å²) in [6.07, 6.45) is 1.86. The molecule has 19 heavy (non-hydrogen) atoms. The van der Waals surface area contributed by atoms with Crippen LogP contribution in [0.2, 0.25) is 0 Å². The van der Waals surface area contributed by atoms with Crippen LogP contribution < -0.4 is 0 Å². The van der Waals surface area contributed by atoms with Gasteiger partial charge in [0.1, 0.15) is 6.61 Å². The number of benzene rings is 1. The Labute approximate surface area is 121 Å². The second-order valence-electron chi connectivity index (χ2n) is 4.88. The fraction of sp³-hybridized carbons (Fsp3) is 0.462. The molecular weight excluding hydrogens is 330 g/mol. The second kappa shape index (κ2) is 5.25. The highest BCUT2D eigenvalue weighted by Gasteiger charge is 2.26. The molecule has 0 bridgehead atoms. The standard InChI is InChI=1S/C13H16BrNO3S/c1-8(2)12-9(14)4-5-11(19(3,16)17)13(12)10-6-7-18-15-10/h4-5,8H,6-7H2,1-3H3. The van der Waals surface area contributed by atoms with Crippen molar-refractivity contribution in [3.8, 4) is 0 Å². The minimum absolute atomic E-state index is 0.189. The Bertz CT molecular complexity index is 636. The molecule has 0 radical (unpaired) electrons. The molecule has 1 aliphatic rings. The highest BCUT2D eigenvalue weighted by molar-refractivity contribution is 9.10. The molecule has 0 aliphatic carbocycles. The van der Waals surface area contributed by atoms with Gasteiger partial charge in [0.15, 0.2) is 9.84 Å².